The Bertz CT molecular complexity index is 993. The third kappa shape index (κ3) is 3.95. The van der Waals surface area contributed by atoms with E-state index in [-0.39, 0.29) is 28.6 Å². The van der Waals surface area contributed by atoms with Crippen LogP contribution in [0.5, 0.6) is 17.2 Å². The Morgan fingerprint density at radius 1 is 1.17 bits per heavy atom. The molecule has 30 heavy (non-hydrogen) atoms. The van der Waals surface area contributed by atoms with E-state index in [1.165, 1.54) is 0 Å². The molecule has 7 nitrogen and oxygen atoms in total. The second kappa shape index (κ2) is 7.57. The van der Waals surface area contributed by atoms with Gasteiger partial charge in [0.15, 0.2) is 23.5 Å². The lowest BCUT2D eigenvalue weighted by Gasteiger charge is -2.56. The molecule has 0 saturated heterocycles. The number of hydrogen-bond donors (Lipinski definition) is 3. The summed E-state index contributed by atoms with van der Waals surface area (Å²) in [4.78, 5) is 11.5. The van der Waals surface area contributed by atoms with E-state index < -0.39 is 33.2 Å². The monoisotopic (exact) mass is 438 g/mol. The molecule has 0 spiro atoms. The molecular formula is C22H30O7S. The van der Waals surface area contributed by atoms with Crippen LogP contribution in [0.15, 0.2) is 11.6 Å². The van der Waals surface area contributed by atoms with Crippen LogP contribution >= 0.6 is 0 Å². The van der Waals surface area contributed by atoms with Gasteiger partial charge in [0, 0.05) is 5.56 Å². The van der Waals surface area contributed by atoms with Crippen molar-refractivity contribution in [1.29, 1.82) is 0 Å². The van der Waals surface area contributed by atoms with E-state index in [0.29, 0.717) is 5.92 Å². The fraction of sp³-hybridized carbons (Fsp3) is 0.591. The number of benzene rings is 1. The van der Waals surface area contributed by atoms with Gasteiger partial charge >= 0.3 is 10.4 Å². The second-order valence-corrected chi connectivity index (χ2v) is 10.6. The molecule has 0 aromatic heterocycles. The molecule has 3 atom stereocenters. The van der Waals surface area contributed by atoms with E-state index in [0.717, 1.165) is 43.7 Å². The molecule has 0 bridgehead atoms. The van der Waals surface area contributed by atoms with Crippen LogP contribution in [0.3, 0.4) is 0 Å². The van der Waals surface area contributed by atoms with Crippen LogP contribution in [0.4, 0.5) is 0 Å². The van der Waals surface area contributed by atoms with E-state index in [2.05, 4.69) is 31.9 Å². The molecule has 2 saturated carbocycles. The van der Waals surface area contributed by atoms with Crippen molar-refractivity contribution in [3.63, 3.8) is 0 Å². The standard InChI is InChI=1S/C22H30O7S/c1-13-6-7-18-21(2,3)8-5-9-22(18,4)16(13)10-14-11-17(24)19(25)15(12-23)20(14)29-30(26,27)28/h10-13,18,24-25H,5-9H2,1-4H3,(H,26,27,28)/b16-10+/t13-,18?,22+/m0/s1. The van der Waals surface area contributed by atoms with Gasteiger partial charge in [-0.3, -0.25) is 9.35 Å². The Labute approximate surface area is 177 Å². The smallest absolute Gasteiger partial charge is 0.446 e. The molecule has 2 fully saturated rings. The summed E-state index contributed by atoms with van der Waals surface area (Å²) < 4.78 is 36.7. The zero-order valence-electron chi connectivity index (χ0n) is 17.8. The maximum Gasteiger partial charge on any atom is 0.446 e. The SMILES string of the molecule is C[C@H]1CCC2C(C)(C)CCC[C@]2(C)/C1=C/c1cc(O)c(O)c(C=O)c1OS(=O)(=O)O. The van der Waals surface area contributed by atoms with Crippen LogP contribution in [0.25, 0.3) is 6.08 Å². The maximum atomic E-state index is 11.5. The van der Waals surface area contributed by atoms with Gasteiger partial charge in [-0.25, -0.2) is 0 Å². The van der Waals surface area contributed by atoms with E-state index in [1.807, 2.05) is 0 Å². The molecular weight excluding hydrogens is 408 g/mol. The van der Waals surface area contributed by atoms with Gasteiger partial charge in [-0.05, 0) is 54.4 Å². The highest BCUT2D eigenvalue weighted by Crippen LogP contribution is 2.61. The number of aromatic hydroxyl groups is 2. The molecule has 0 radical (unpaired) electrons. The first kappa shape index (κ1) is 22.6. The number of phenols is 2. The third-order valence-corrected chi connectivity index (χ3v) is 7.60. The van der Waals surface area contributed by atoms with Crippen LogP contribution in [0.1, 0.15) is 75.7 Å². The van der Waals surface area contributed by atoms with E-state index in [9.17, 15) is 28.0 Å². The number of rotatable bonds is 4. The highest BCUT2D eigenvalue weighted by Gasteiger charge is 2.51. The predicted molar refractivity (Wildman–Crippen MR) is 113 cm³/mol. The largest absolute Gasteiger partial charge is 0.504 e. The first-order valence-electron chi connectivity index (χ1n) is 10.2. The summed E-state index contributed by atoms with van der Waals surface area (Å²) in [6.45, 7) is 8.91. The lowest BCUT2D eigenvalue weighted by Crippen LogP contribution is -2.47. The fourth-order valence-corrected chi connectivity index (χ4v) is 6.28. The molecule has 1 aromatic rings. The maximum absolute atomic E-state index is 11.5. The van der Waals surface area contributed by atoms with Gasteiger partial charge in [-0.1, -0.05) is 45.8 Å². The van der Waals surface area contributed by atoms with Gasteiger partial charge in [-0.2, -0.15) is 8.42 Å². The van der Waals surface area contributed by atoms with Crippen LogP contribution in [-0.4, -0.2) is 29.5 Å². The summed E-state index contributed by atoms with van der Waals surface area (Å²) in [5.74, 6) is -1.23. The van der Waals surface area contributed by atoms with Crippen molar-refractivity contribution in [3.8, 4) is 17.2 Å². The average molecular weight is 439 g/mol. The van der Waals surface area contributed by atoms with E-state index in [1.54, 1.807) is 6.08 Å². The van der Waals surface area contributed by atoms with E-state index >= 15 is 0 Å². The number of carbonyl (C=O) groups is 1. The highest BCUT2D eigenvalue weighted by molar-refractivity contribution is 7.81. The summed E-state index contributed by atoms with van der Waals surface area (Å²) in [6.07, 6.45) is 7.20. The van der Waals surface area contributed by atoms with Gasteiger partial charge in [-0.15, -0.1) is 0 Å². The third-order valence-electron chi connectivity index (χ3n) is 7.22. The van der Waals surface area contributed by atoms with Crippen molar-refractivity contribution < 1.29 is 32.2 Å². The number of hydrogen-bond acceptors (Lipinski definition) is 6. The Hall–Kier alpha value is -2.06. The minimum atomic E-state index is -4.95. The molecule has 1 aromatic carbocycles. The van der Waals surface area contributed by atoms with E-state index in [4.69, 9.17) is 0 Å². The number of fused-ring (bicyclic) bond motifs is 1. The lowest BCUT2D eigenvalue weighted by molar-refractivity contribution is -0.00534. The molecule has 2 aliphatic carbocycles. The van der Waals surface area contributed by atoms with Crippen LogP contribution in [-0.2, 0) is 10.4 Å². The number of aldehydes is 1. The zero-order valence-corrected chi connectivity index (χ0v) is 18.6. The number of carbonyl (C=O) groups excluding carboxylic acids is 1. The Balaban J connectivity index is 2.24. The van der Waals surface area contributed by atoms with Gasteiger partial charge in [0.1, 0.15) is 5.56 Å². The molecule has 2 aliphatic rings. The Morgan fingerprint density at radius 2 is 1.83 bits per heavy atom. The molecule has 0 heterocycles. The number of allylic oxidation sites excluding steroid dienone is 1. The van der Waals surface area contributed by atoms with Gasteiger partial charge in [0.2, 0.25) is 0 Å². The van der Waals surface area contributed by atoms with Crippen molar-refractivity contribution >= 4 is 22.8 Å². The summed E-state index contributed by atoms with van der Waals surface area (Å²) in [5, 5.41) is 20.1. The Morgan fingerprint density at radius 3 is 2.43 bits per heavy atom. The topological polar surface area (TPSA) is 121 Å². The zero-order chi connectivity index (χ0) is 22.5. The molecule has 166 valence electrons. The first-order valence-corrected chi connectivity index (χ1v) is 11.6. The molecule has 3 N–H and O–H groups in total. The molecule has 0 aliphatic heterocycles. The summed E-state index contributed by atoms with van der Waals surface area (Å²) in [5.41, 5.74) is 0.702. The van der Waals surface area contributed by atoms with Crippen LogP contribution < -0.4 is 4.18 Å². The Kier molecular flexibility index (Phi) is 5.71. The number of phenolic OH excluding ortho intramolecular Hbond substituents is 2. The minimum absolute atomic E-state index is 0.122. The molecule has 1 unspecified atom stereocenters. The van der Waals surface area contributed by atoms with Gasteiger partial charge < -0.3 is 14.4 Å². The van der Waals surface area contributed by atoms with Gasteiger partial charge in [0.05, 0.1) is 0 Å². The predicted octanol–water partition coefficient (Wildman–Crippen LogP) is 4.74. The fourth-order valence-electron chi connectivity index (χ4n) is 5.88. The van der Waals surface area contributed by atoms with Crippen molar-refractivity contribution in [2.75, 3.05) is 0 Å². The quantitative estimate of drug-likeness (QED) is 0.353. The average Bonchev–Trinajstić information content (AvgIpc) is 2.60. The molecule has 0 amide bonds. The minimum Gasteiger partial charge on any atom is -0.504 e. The highest BCUT2D eigenvalue weighted by atomic mass is 32.3. The first-order chi connectivity index (χ1) is 13.8. The van der Waals surface area contributed by atoms with Crippen molar-refractivity contribution in [1.82, 2.24) is 0 Å². The second-order valence-electron chi connectivity index (χ2n) is 9.60. The van der Waals surface area contributed by atoms with Crippen LogP contribution in [0.2, 0.25) is 0 Å². The van der Waals surface area contributed by atoms with Crippen molar-refractivity contribution in [3.05, 3.63) is 22.8 Å². The van der Waals surface area contributed by atoms with Crippen molar-refractivity contribution in [2.24, 2.45) is 22.7 Å². The normalized spacial score (nSPS) is 30.0. The van der Waals surface area contributed by atoms with Crippen molar-refractivity contribution in [2.45, 2.75) is 59.8 Å². The lowest BCUT2D eigenvalue weighted by atomic mass is 9.48. The summed E-state index contributed by atoms with van der Waals surface area (Å²) in [6, 6.07) is 1.16. The molecule has 8 heteroatoms. The summed E-state index contributed by atoms with van der Waals surface area (Å²) in [7, 11) is -4.95. The van der Waals surface area contributed by atoms with Crippen LogP contribution in [0, 0.1) is 22.7 Å². The summed E-state index contributed by atoms with van der Waals surface area (Å²) >= 11 is 0. The van der Waals surface area contributed by atoms with Gasteiger partial charge in [0.25, 0.3) is 0 Å². The molecule has 3 rings (SSSR count).